The van der Waals surface area contributed by atoms with E-state index in [4.69, 9.17) is 4.98 Å². The lowest BCUT2D eigenvalue weighted by Crippen LogP contribution is -2.10. The number of hydrogen-bond acceptors (Lipinski definition) is 2. The van der Waals surface area contributed by atoms with Crippen LogP contribution in [0.2, 0.25) is 0 Å². The van der Waals surface area contributed by atoms with Crippen molar-refractivity contribution >= 4 is 12.2 Å². The van der Waals surface area contributed by atoms with Gasteiger partial charge in [0.2, 0.25) is 0 Å². The Bertz CT molecular complexity index is 1050. The molecule has 0 saturated carbocycles. The minimum absolute atomic E-state index is 0.114. The molecule has 0 unspecified atom stereocenters. The standard InChI is InChI=1S/C27H30FNO/c1-17(2)26-23(15-12-20-9-7-6-8-19(20)5)25(21-10-13-22(28)14-11-21)24(16-30)27(29-26)18(3)4/h6-15,17-18,30H,16H2,1-5H3/b15-12+. The van der Waals surface area contributed by atoms with Crippen LogP contribution in [0.3, 0.4) is 0 Å². The number of aliphatic hydroxyl groups excluding tert-OH is 1. The average Bonchev–Trinajstić information content (AvgIpc) is 2.72. The molecular weight excluding hydrogens is 373 g/mol. The van der Waals surface area contributed by atoms with Crippen LogP contribution in [-0.2, 0) is 6.61 Å². The third-order valence-corrected chi connectivity index (χ3v) is 5.40. The Morgan fingerprint density at radius 1 is 0.900 bits per heavy atom. The maximum absolute atomic E-state index is 13.6. The summed E-state index contributed by atoms with van der Waals surface area (Å²) in [5, 5.41) is 10.3. The van der Waals surface area contributed by atoms with Crippen molar-refractivity contribution in [3.05, 3.63) is 88.0 Å². The summed E-state index contributed by atoms with van der Waals surface area (Å²) in [6.07, 6.45) is 4.19. The van der Waals surface area contributed by atoms with Crippen LogP contribution in [0, 0.1) is 12.7 Å². The summed E-state index contributed by atoms with van der Waals surface area (Å²) in [5.74, 6) is 0.0905. The molecular formula is C27H30FNO. The Labute approximate surface area is 179 Å². The summed E-state index contributed by atoms with van der Waals surface area (Å²) in [4.78, 5) is 5.00. The highest BCUT2D eigenvalue weighted by Crippen LogP contribution is 2.37. The molecule has 0 fully saturated rings. The second-order valence-corrected chi connectivity index (χ2v) is 8.31. The average molecular weight is 404 g/mol. The SMILES string of the molecule is Cc1ccccc1/C=C/c1c(C(C)C)nc(C(C)C)c(CO)c1-c1ccc(F)cc1. The summed E-state index contributed by atoms with van der Waals surface area (Å²) in [6, 6.07) is 14.7. The smallest absolute Gasteiger partial charge is 0.123 e. The van der Waals surface area contributed by atoms with E-state index in [1.807, 2.05) is 12.1 Å². The zero-order chi connectivity index (χ0) is 21.8. The molecule has 0 aliphatic carbocycles. The number of aliphatic hydroxyl groups is 1. The van der Waals surface area contributed by atoms with Crippen molar-refractivity contribution in [2.24, 2.45) is 0 Å². The molecule has 0 aliphatic heterocycles. The van der Waals surface area contributed by atoms with Crippen LogP contribution in [0.15, 0.2) is 48.5 Å². The van der Waals surface area contributed by atoms with Crippen molar-refractivity contribution in [2.75, 3.05) is 0 Å². The fraction of sp³-hybridized carbons (Fsp3) is 0.296. The first-order valence-corrected chi connectivity index (χ1v) is 10.5. The molecule has 3 rings (SSSR count). The minimum atomic E-state index is -0.275. The van der Waals surface area contributed by atoms with Crippen molar-refractivity contribution in [1.29, 1.82) is 0 Å². The molecule has 0 radical (unpaired) electrons. The summed E-state index contributed by atoms with van der Waals surface area (Å²) in [5.41, 5.74) is 7.82. The summed E-state index contributed by atoms with van der Waals surface area (Å²) >= 11 is 0. The van der Waals surface area contributed by atoms with Crippen LogP contribution >= 0.6 is 0 Å². The monoisotopic (exact) mass is 403 g/mol. The predicted octanol–water partition coefficient (Wildman–Crippen LogP) is 7.11. The van der Waals surface area contributed by atoms with Crippen molar-refractivity contribution < 1.29 is 9.50 Å². The lowest BCUT2D eigenvalue weighted by atomic mass is 9.87. The van der Waals surface area contributed by atoms with Crippen LogP contribution < -0.4 is 0 Å². The van der Waals surface area contributed by atoms with Crippen molar-refractivity contribution in [2.45, 2.75) is 53.1 Å². The van der Waals surface area contributed by atoms with E-state index in [1.165, 1.54) is 17.7 Å². The molecule has 0 aliphatic rings. The first-order chi connectivity index (χ1) is 14.3. The van der Waals surface area contributed by atoms with Crippen LogP contribution in [0.5, 0.6) is 0 Å². The number of nitrogens with zero attached hydrogens (tertiary/aromatic N) is 1. The fourth-order valence-corrected chi connectivity index (χ4v) is 3.82. The first kappa shape index (κ1) is 21.9. The maximum Gasteiger partial charge on any atom is 0.123 e. The molecule has 30 heavy (non-hydrogen) atoms. The molecule has 0 spiro atoms. The number of benzene rings is 2. The topological polar surface area (TPSA) is 33.1 Å². The molecule has 1 heterocycles. The van der Waals surface area contributed by atoms with Gasteiger partial charge >= 0.3 is 0 Å². The zero-order valence-electron chi connectivity index (χ0n) is 18.4. The summed E-state index contributed by atoms with van der Waals surface area (Å²) < 4.78 is 13.6. The van der Waals surface area contributed by atoms with Gasteiger partial charge in [-0.15, -0.1) is 0 Å². The van der Waals surface area contributed by atoms with E-state index >= 15 is 0 Å². The van der Waals surface area contributed by atoms with E-state index in [0.717, 1.165) is 39.2 Å². The van der Waals surface area contributed by atoms with Crippen LogP contribution in [0.1, 0.15) is 73.2 Å². The van der Waals surface area contributed by atoms with E-state index in [1.54, 1.807) is 12.1 Å². The Morgan fingerprint density at radius 2 is 1.53 bits per heavy atom. The van der Waals surface area contributed by atoms with Crippen LogP contribution in [0.25, 0.3) is 23.3 Å². The molecule has 3 heteroatoms. The Morgan fingerprint density at radius 3 is 2.10 bits per heavy atom. The summed E-state index contributed by atoms with van der Waals surface area (Å²) in [6.45, 7) is 10.4. The van der Waals surface area contributed by atoms with Gasteiger partial charge in [0, 0.05) is 16.8 Å². The van der Waals surface area contributed by atoms with Gasteiger partial charge in [0.15, 0.2) is 0 Å². The van der Waals surface area contributed by atoms with Gasteiger partial charge in [0.25, 0.3) is 0 Å². The van der Waals surface area contributed by atoms with E-state index < -0.39 is 0 Å². The van der Waals surface area contributed by atoms with Gasteiger partial charge in [-0.1, -0.05) is 76.2 Å². The van der Waals surface area contributed by atoms with E-state index in [-0.39, 0.29) is 24.3 Å². The quantitative estimate of drug-likeness (QED) is 0.476. The third-order valence-electron chi connectivity index (χ3n) is 5.40. The molecule has 1 aromatic heterocycles. The Balaban J connectivity index is 2.34. The highest BCUT2D eigenvalue weighted by molar-refractivity contribution is 5.85. The first-order valence-electron chi connectivity index (χ1n) is 10.5. The Kier molecular flexibility index (Phi) is 6.84. The van der Waals surface area contributed by atoms with E-state index in [9.17, 15) is 9.50 Å². The number of halogens is 1. The number of aryl methyl sites for hydroxylation is 1. The molecule has 3 aromatic rings. The second-order valence-electron chi connectivity index (χ2n) is 8.31. The van der Waals surface area contributed by atoms with Gasteiger partial charge in [-0.05, 0) is 53.1 Å². The van der Waals surface area contributed by atoms with Crippen molar-refractivity contribution in [3.8, 4) is 11.1 Å². The third kappa shape index (κ3) is 4.52. The molecule has 0 atom stereocenters. The highest BCUT2D eigenvalue weighted by atomic mass is 19.1. The molecule has 0 bridgehead atoms. The lowest BCUT2D eigenvalue weighted by Gasteiger charge is -2.23. The molecule has 0 saturated heterocycles. The molecule has 156 valence electrons. The predicted molar refractivity (Wildman–Crippen MR) is 124 cm³/mol. The minimum Gasteiger partial charge on any atom is -0.392 e. The molecule has 0 amide bonds. The van der Waals surface area contributed by atoms with Crippen LogP contribution in [-0.4, -0.2) is 10.1 Å². The molecule has 2 aromatic carbocycles. The second kappa shape index (κ2) is 9.36. The highest BCUT2D eigenvalue weighted by Gasteiger charge is 2.22. The Hall–Kier alpha value is -2.78. The number of aromatic nitrogens is 1. The largest absolute Gasteiger partial charge is 0.392 e. The maximum atomic E-state index is 13.6. The fourth-order valence-electron chi connectivity index (χ4n) is 3.82. The van der Waals surface area contributed by atoms with Gasteiger partial charge in [-0.3, -0.25) is 4.98 Å². The number of hydrogen-bond donors (Lipinski definition) is 1. The van der Waals surface area contributed by atoms with Gasteiger partial charge in [0.05, 0.1) is 12.3 Å². The van der Waals surface area contributed by atoms with Gasteiger partial charge in [0.1, 0.15) is 5.82 Å². The van der Waals surface area contributed by atoms with Crippen LogP contribution in [0.4, 0.5) is 4.39 Å². The summed E-state index contributed by atoms with van der Waals surface area (Å²) in [7, 11) is 0. The molecule has 1 N–H and O–H groups in total. The number of pyridine rings is 1. The lowest BCUT2D eigenvalue weighted by molar-refractivity contribution is 0.280. The number of rotatable bonds is 6. The van der Waals surface area contributed by atoms with Gasteiger partial charge in [-0.2, -0.15) is 0 Å². The van der Waals surface area contributed by atoms with E-state index in [2.05, 4.69) is 58.9 Å². The molecule has 2 nitrogen and oxygen atoms in total. The van der Waals surface area contributed by atoms with E-state index in [0.29, 0.717) is 0 Å². The normalized spacial score (nSPS) is 11.8. The van der Waals surface area contributed by atoms with Crippen molar-refractivity contribution in [1.82, 2.24) is 4.98 Å². The van der Waals surface area contributed by atoms with Gasteiger partial charge < -0.3 is 5.11 Å². The van der Waals surface area contributed by atoms with Crippen molar-refractivity contribution in [3.63, 3.8) is 0 Å². The van der Waals surface area contributed by atoms with Gasteiger partial charge in [-0.25, -0.2) is 4.39 Å². The zero-order valence-corrected chi connectivity index (χ0v) is 18.4.